The van der Waals surface area contributed by atoms with Crippen molar-refractivity contribution in [1.29, 1.82) is 0 Å². The molecule has 25 heavy (non-hydrogen) atoms. The van der Waals surface area contributed by atoms with E-state index in [1.165, 1.54) is 11.4 Å². The number of para-hydroxylation sites is 1. The summed E-state index contributed by atoms with van der Waals surface area (Å²) in [5.41, 5.74) is 2.60. The van der Waals surface area contributed by atoms with E-state index in [0.29, 0.717) is 6.17 Å². The normalized spacial score (nSPS) is 22.2. The zero-order valence-corrected chi connectivity index (χ0v) is 15.2. The number of hydrogen-bond donors (Lipinski definition) is 1. The lowest BCUT2D eigenvalue weighted by atomic mass is 10.2. The monoisotopic (exact) mass is 356 g/mol. The van der Waals surface area contributed by atoms with Crippen molar-refractivity contribution in [2.45, 2.75) is 6.17 Å². The van der Waals surface area contributed by atoms with Crippen LogP contribution in [-0.2, 0) is 0 Å². The van der Waals surface area contributed by atoms with E-state index in [4.69, 9.17) is 11.6 Å². The molecular formula is C20H25ClN4. The molecule has 0 amide bonds. The second kappa shape index (κ2) is 7.65. The van der Waals surface area contributed by atoms with Gasteiger partial charge in [0, 0.05) is 62.2 Å². The third-order valence-electron chi connectivity index (χ3n) is 5.22. The summed E-state index contributed by atoms with van der Waals surface area (Å²) in [6, 6.07) is 18.9. The van der Waals surface area contributed by atoms with Crippen molar-refractivity contribution < 1.29 is 0 Å². The van der Waals surface area contributed by atoms with Gasteiger partial charge < -0.3 is 9.80 Å². The first-order chi connectivity index (χ1) is 12.3. The van der Waals surface area contributed by atoms with E-state index in [0.717, 1.165) is 50.8 Å². The highest BCUT2D eigenvalue weighted by Crippen LogP contribution is 2.21. The zero-order chi connectivity index (χ0) is 17.1. The van der Waals surface area contributed by atoms with E-state index in [1.807, 2.05) is 12.1 Å². The minimum absolute atomic E-state index is 0.432. The SMILES string of the molecule is Clc1ccc(N2CCN(C3CN(c4ccccc4)CCN3)CC2)cc1. The Kier molecular flexibility index (Phi) is 5.11. The maximum atomic E-state index is 6.00. The highest BCUT2D eigenvalue weighted by atomic mass is 35.5. The van der Waals surface area contributed by atoms with Gasteiger partial charge in [-0.05, 0) is 36.4 Å². The van der Waals surface area contributed by atoms with E-state index in [1.54, 1.807) is 0 Å². The zero-order valence-electron chi connectivity index (χ0n) is 14.4. The summed E-state index contributed by atoms with van der Waals surface area (Å²) in [7, 11) is 0. The third-order valence-corrected chi connectivity index (χ3v) is 5.48. The predicted octanol–water partition coefficient (Wildman–Crippen LogP) is 2.90. The third kappa shape index (κ3) is 3.92. The van der Waals surface area contributed by atoms with Crippen molar-refractivity contribution in [2.75, 3.05) is 55.6 Å². The second-order valence-corrected chi connectivity index (χ2v) is 7.19. The number of nitrogens with zero attached hydrogens (tertiary/aromatic N) is 3. The Morgan fingerprint density at radius 2 is 1.44 bits per heavy atom. The van der Waals surface area contributed by atoms with E-state index < -0.39 is 0 Å². The van der Waals surface area contributed by atoms with Crippen molar-refractivity contribution in [2.24, 2.45) is 0 Å². The molecule has 2 aliphatic rings. The number of nitrogens with one attached hydrogen (secondary N) is 1. The molecule has 4 rings (SSSR count). The van der Waals surface area contributed by atoms with E-state index in [2.05, 4.69) is 62.5 Å². The molecule has 2 saturated heterocycles. The average Bonchev–Trinajstić information content (AvgIpc) is 2.70. The molecular weight excluding hydrogens is 332 g/mol. The minimum Gasteiger partial charge on any atom is -0.369 e. The van der Waals surface area contributed by atoms with Gasteiger partial charge in [-0.3, -0.25) is 10.2 Å². The van der Waals surface area contributed by atoms with Crippen LogP contribution in [0.4, 0.5) is 11.4 Å². The van der Waals surface area contributed by atoms with Gasteiger partial charge in [0.15, 0.2) is 0 Å². The summed E-state index contributed by atoms with van der Waals surface area (Å²) in [5, 5.41) is 4.50. The fourth-order valence-corrected chi connectivity index (χ4v) is 3.92. The number of benzene rings is 2. The van der Waals surface area contributed by atoms with Crippen LogP contribution < -0.4 is 15.1 Å². The van der Waals surface area contributed by atoms with Crippen LogP contribution >= 0.6 is 11.6 Å². The number of hydrogen-bond acceptors (Lipinski definition) is 4. The maximum absolute atomic E-state index is 6.00. The topological polar surface area (TPSA) is 21.8 Å². The first-order valence-electron chi connectivity index (χ1n) is 9.07. The Morgan fingerprint density at radius 3 is 2.16 bits per heavy atom. The number of piperazine rings is 2. The molecule has 0 aromatic heterocycles. The van der Waals surface area contributed by atoms with E-state index >= 15 is 0 Å². The Morgan fingerprint density at radius 1 is 0.760 bits per heavy atom. The molecule has 0 radical (unpaired) electrons. The standard InChI is InChI=1S/C20H25ClN4/c21-17-6-8-19(9-7-17)23-12-14-24(15-13-23)20-16-25(11-10-22-20)18-4-2-1-3-5-18/h1-9,20,22H,10-16H2. The molecule has 1 unspecified atom stereocenters. The Bertz CT molecular complexity index is 668. The van der Waals surface area contributed by atoms with Crippen LogP contribution in [0, 0.1) is 0 Å². The smallest absolute Gasteiger partial charge is 0.0779 e. The van der Waals surface area contributed by atoms with Gasteiger partial charge in [-0.2, -0.15) is 0 Å². The molecule has 5 heteroatoms. The van der Waals surface area contributed by atoms with Crippen molar-refractivity contribution in [3.63, 3.8) is 0 Å². The van der Waals surface area contributed by atoms with Crippen molar-refractivity contribution in [3.05, 3.63) is 59.6 Å². The summed E-state index contributed by atoms with van der Waals surface area (Å²) in [6.07, 6.45) is 0.432. The van der Waals surface area contributed by atoms with Crippen LogP contribution in [0.2, 0.25) is 5.02 Å². The quantitative estimate of drug-likeness (QED) is 0.912. The van der Waals surface area contributed by atoms with Crippen LogP contribution in [0.3, 0.4) is 0 Å². The van der Waals surface area contributed by atoms with Gasteiger partial charge in [0.25, 0.3) is 0 Å². The lowest BCUT2D eigenvalue weighted by Gasteiger charge is -2.44. The molecule has 2 heterocycles. The van der Waals surface area contributed by atoms with Crippen molar-refractivity contribution >= 4 is 23.0 Å². The molecule has 2 fully saturated rings. The molecule has 0 spiro atoms. The molecule has 132 valence electrons. The van der Waals surface area contributed by atoms with E-state index in [9.17, 15) is 0 Å². The predicted molar refractivity (Wildman–Crippen MR) is 106 cm³/mol. The molecule has 2 aliphatic heterocycles. The number of halogens is 1. The molecule has 0 aliphatic carbocycles. The Balaban J connectivity index is 1.35. The van der Waals surface area contributed by atoms with Crippen LogP contribution in [0.1, 0.15) is 0 Å². The lowest BCUT2D eigenvalue weighted by Crippen LogP contribution is -2.62. The highest BCUT2D eigenvalue weighted by Gasteiger charge is 2.27. The fourth-order valence-electron chi connectivity index (χ4n) is 3.79. The van der Waals surface area contributed by atoms with Gasteiger partial charge in [0.05, 0.1) is 6.17 Å². The van der Waals surface area contributed by atoms with Crippen molar-refractivity contribution in [1.82, 2.24) is 10.2 Å². The van der Waals surface area contributed by atoms with Gasteiger partial charge in [0.1, 0.15) is 0 Å². The van der Waals surface area contributed by atoms with Crippen molar-refractivity contribution in [3.8, 4) is 0 Å². The summed E-state index contributed by atoms with van der Waals surface area (Å²) in [5.74, 6) is 0. The van der Waals surface area contributed by atoms with Crippen LogP contribution in [0.25, 0.3) is 0 Å². The number of rotatable bonds is 3. The van der Waals surface area contributed by atoms with Gasteiger partial charge in [0.2, 0.25) is 0 Å². The number of anilines is 2. The first-order valence-corrected chi connectivity index (χ1v) is 9.45. The molecule has 0 saturated carbocycles. The first kappa shape index (κ1) is 16.7. The van der Waals surface area contributed by atoms with Gasteiger partial charge in [-0.25, -0.2) is 0 Å². The molecule has 0 bridgehead atoms. The summed E-state index contributed by atoms with van der Waals surface area (Å²) in [6.45, 7) is 7.45. The lowest BCUT2D eigenvalue weighted by molar-refractivity contribution is 0.149. The average molecular weight is 357 g/mol. The van der Waals surface area contributed by atoms with Crippen LogP contribution in [0.5, 0.6) is 0 Å². The van der Waals surface area contributed by atoms with E-state index in [-0.39, 0.29) is 0 Å². The molecule has 1 N–H and O–H groups in total. The van der Waals surface area contributed by atoms with Gasteiger partial charge in [-0.15, -0.1) is 0 Å². The molecule has 4 nitrogen and oxygen atoms in total. The maximum Gasteiger partial charge on any atom is 0.0779 e. The minimum atomic E-state index is 0.432. The summed E-state index contributed by atoms with van der Waals surface area (Å²) in [4.78, 5) is 7.53. The largest absolute Gasteiger partial charge is 0.369 e. The summed E-state index contributed by atoms with van der Waals surface area (Å²) < 4.78 is 0. The van der Waals surface area contributed by atoms with Gasteiger partial charge in [-0.1, -0.05) is 29.8 Å². The second-order valence-electron chi connectivity index (χ2n) is 6.75. The van der Waals surface area contributed by atoms with Crippen LogP contribution in [-0.4, -0.2) is 56.9 Å². The molecule has 2 aromatic rings. The molecule has 2 aromatic carbocycles. The van der Waals surface area contributed by atoms with Crippen LogP contribution in [0.15, 0.2) is 54.6 Å². The van der Waals surface area contributed by atoms with Gasteiger partial charge >= 0.3 is 0 Å². The highest BCUT2D eigenvalue weighted by molar-refractivity contribution is 6.30. The fraction of sp³-hybridized carbons (Fsp3) is 0.400. The molecule has 1 atom stereocenters. The Labute approximate surface area is 155 Å². The summed E-state index contributed by atoms with van der Waals surface area (Å²) >= 11 is 6.00. The Hall–Kier alpha value is -1.75.